The van der Waals surface area contributed by atoms with Gasteiger partial charge in [-0.25, -0.2) is 4.90 Å². The quantitative estimate of drug-likeness (QED) is 0.439. The number of amides is 3. The highest BCUT2D eigenvalue weighted by molar-refractivity contribution is 8.00. The summed E-state index contributed by atoms with van der Waals surface area (Å²) in [6.07, 6.45) is 0. The van der Waals surface area contributed by atoms with Crippen molar-refractivity contribution in [3.8, 4) is 5.75 Å². The number of rotatable bonds is 5. The van der Waals surface area contributed by atoms with Gasteiger partial charge in [0.1, 0.15) is 17.5 Å². The van der Waals surface area contributed by atoms with Gasteiger partial charge in [0.15, 0.2) is 0 Å². The molecule has 202 valence electrons. The minimum absolute atomic E-state index is 0.117. The molecule has 2 saturated heterocycles. The fourth-order valence-corrected chi connectivity index (χ4v) is 8.20. The largest absolute Gasteiger partial charge is 0.497 e. The lowest BCUT2D eigenvalue weighted by molar-refractivity contribution is -0.136. The second kappa shape index (κ2) is 10.3. The number of thioether (sulfide) groups is 1. The van der Waals surface area contributed by atoms with Gasteiger partial charge in [0, 0.05) is 23.9 Å². The molecule has 39 heavy (non-hydrogen) atoms. The Kier molecular flexibility index (Phi) is 6.82. The Morgan fingerprint density at radius 2 is 1.69 bits per heavy atom. The van der Waals surface area contributed by atoms with Crippen LogP contribution in [0.15, 0.2) is 58.4 Å². The number of aryl methyl sites for hydroxylation is 1. The lowest BCUT2D eigenvalue weighted by Gasteiger charge is -2.31. The molecule has 6 rings (SSSR count). The van der Waals surface area contributed by atoms with Crippen molar-refractivity contribution in [2.24, 2.45) is 5.92 Å². The highest BCUT2D eigenvalue weighted by Crippen LogP contribution is 2.54. The van der Waals surface area contributed by atoms with Crippen molar-refractivity contribution < 1.29 is 23.9 Å². The molecule has 0 saturated carbocycles. The number of thiazole rings is 1. The molecule has 3 aromatic rings. The van der Waals surface area contributed by atoms with Gasteiger partial charge in [0.05, 0.1) is 37.0 Å². The first-order valence-corrected chi connectivity index (χ1v) is 14.4. The van der Waals surface area contributed by atoms with E-state index in [9.17, 15) is 19.2 Å². The summed E-state index contributed by atoms with van der Waals surface area (Å²) >= 11 is 2.27. The molecule has 4 heterocycles. The van der Waals surface area contributed by atoms with E-state index in [1.807, 2.05) is 43.3 Å². The number of benzene rings is 2. The fourth-order valence-electron chi connectivity index (χ4n) is 5.42. The molecular weight excluding hydrogens is 538 g/mol. The van der Waals surface area contributed by atoms with Crippen LogP contribution < -0.4 is 14.5 Å². The normalized spacial score (nSPS) is 22.6. The minimum Gasteiger partial charge on any atom is -0.497 e. The molecule has 3 atom stereocenters. The molecule has 1 aromatic heterocycles. The number of carbonyl (C=O) groups is 3. The number of anilines is 1. The van der Waals surface area contributed by atoms with Crippen LogP contribution in [0.2, 0.25) is 0 Å². The third kappa shape index (κ3) is 4.48. The molecule has 0 spiro atoms. The number of imide groups is 1. The molecule has 3 aliphatic rings. The molecular formula is C28H27N3O6S2. The zero-order chi connectivity index (χ0) is 27.3. The number of hydrogen-bond acceptors (Lipinski definition) is 8. The first kappa shape index (κ1) is 25.8. The molecule has 0 aliphatic carbocycles. The summed E-state index contributed by atoms with van der Waals surface area (Å²) in [4.78, 5) is 57.5. The molecule has 0 radical (unpaired) electrons. The number of hydrogen-bond donors (Lipinski definition) is 0. The summed E-state index contributed by atoms with van der Waals surface area (Å²) in [7, 11) is 1.58. The van der Waals surface area contributed by atoms with Crippen LogP contribution in [0, 0.1) is 12.8 Å². The molecule has 0 bridgehead atoms. The highest BCUT2D eigenvalue weighted by atomic mass is 32.2. The van der Waals surface area contributed by atoms with E-state index in [1.165, 1.54) is 21.2 Å². The van der Waals surface area contributed by atoms with Crippen LogP contribution in [-0.2, 0) is 25.7 Å². The second-order valence-electron chi connectivity index (χ2n) is 9.78. The second-order valence-corrected chi connectivity index (χ2v) is 11.9. The lowest BCUT2D eigenvalue weighted by Crippen LogP contribution is -2.43. The number of methoxy groups -OCH3 is 1. The smallest absolute Gasteiger partial charge is 0.308 e. The zero-order valence-electron chi connectivity index (χ0n) is 21.5. The maximum absolute atomic E-state index is 13.9. The number of fused-ring (bicyclic) bond motifs is 2. The Bertz CT molecular complexity index is 1490. The third-order valence-corrected chi connectivity index (χ3v) is 10.1. The summed E-state index contributed by atoms with van der Waals surface area (Å²) in [5.41, 5.74) is 2.37. The Morgan fingerprint density at radius 3 is 2.36 bits per heavy atom. The molecule has 0 N–H and O–H groups in total. The van der Waals surface area contributed by atoms with Gasteiger partial charge in [-0.2, -0.15) is 0 Å². The summed E-state index contributed by atoms with van der Waals surface area (Å²) < 4.78 is 12.2. The average molecular weight is 566 g/mol. The topological polar surface area (TPSA) is 98.2 Å². The maximum Gasteiger partial charge on any atom is 0.308 e. The Labute approximate surface area is 233 Å². The van der Waals surface area contributed by atoms with Crippen molar-refractivity contribution >= 4 is 46.5 Å². The Morgan fingerprint density at radius 1 is 1.00 bits per heavy atom. The summed E-state index contributed by atoms with van der Waals surface area (Å²) in [5, 5.41) is -0.141. The molecule has 2 aromatic carbocycles. The van der Waals surface area contributed by atoms with Crippen LogP contribution >= 0.6 is 23.1 Å². The molecule has 9 nitrogen and oxygen atoms in total. The molecule has 3 amide bonds. The number of carbonyl (C=O) groups excluding carboxylic acids is 3. The van der Waals surface area contributed by atoms with E-state index in [4.69, 9.17) is 9.47 Å². The lowest BCUT2D eigenvalue weighted by atomic mass is 9.83. The number of aromatic nitrogens is 1. The van der Waals surface area contributed by atoms with E-state index in [2.05, 4.69) is 0 Å². The van der Waals surface area contributed by atoms with Crippen LogP contribution in [0.3, 0.4) is 0 Å². The van der Waals surface area contributed by atoms with Gasteiger partial charge >= 0.3 is 4.87 Å². The Balaban J connectivity index is 1.43. The van der Waals surface area contributed by atoms with Crippen LogP contribution in [0.1, 0.15) is 21.9 Å². The Hall–Kier alpha value is -3.41. The predicted octanol–water partition coefficient (Wildman–Crippen LogP) is 2.88. The van der Waals surface area contributed by atoms with E-state index in [0.717, 1.165) is 22.5 Å². The fraction of sp³-hybridized carbons (Fsp3) is 0.357. The SMILES string of the molecule is COc1ccc([C@@H]2c3sc(=O)n(CC(=O)N4CCOCC4)c3S[C@H]3C(=O)N(c4ccc(C)cc4)C(=O)[C@@H]23)cc1. The van der Waals surface area contributed by atoms with Gasteiger partial charge in [-0.1, -0.05) is 52.9 Å². The van der Waals surface area contributed by atoms with Gasteiger partial charge in [0.2, 0.25) is 17.7 Å². The summed E-state index contributed by atoms with van der Waals surface area (Å²) in [6, 6.07) is 14.7. The van der Waals surface area contributed by atoms with E-state index < -0.39 is 17.1 Å². The summed E-state index contributed by atoms with van der Waals surface area (Å²) in [6.45, 7) is 3.71. The standard InChI is InChI=1S/C28H27N3O6S2/c1-16-3-7-18(8-4-16)31-25(33)22-21(17-5-9-19(36-2)10-6-17)24-27(38-23(22)26(31)34)30(28(35)39-24)15-20(32)29-11-13-37-14-12-29/h3-10,21-23H,11-15H2,1-2H3/t21-,22-,23+/m0/s1. The average Bonchev–Trinajstić information content (AvgIpc) is 3.40. The number of nitrogens with zero attached hydrogens (tertiary/aromatic N) is 3. The number of ether oxygens (including phenoxy) is 2. The van der Waals surface area contributed by atoms with Gasteiger partial charge in [0.25, 0.3) is 0 Å². The van der Waals surface area contributed by atoms with Crippen LogP contribution in [0.4, 0.5) is 5.69 Å². The molecule has 3 aliphatic heterocycles. The van der Waals surface area contributed by atoms with Crippen molar-refractivity contribution in [2.75, 3.05) is 38.3 Å². The first-order chi connectivity index (χ1) is 18.9. The molecule has 11 heteroatoms. The number of morpholine rings is 1. The van der Waals surface area contributed by atoms with Crippen molar-refractivity contribution in [3.05, 3.63) is 74.2 Å². The van der Waals surface area contributed by atoms with E-state index in [0.29, 0.717) is 47.6 Å². The van der Waals surface area contributed by atoms with E-state index in [-0.39, 0.29) is 29.1 Å². The van der Waals surface area contributed by atoms with Gasteiger partial charge in [-0.05, 0) is 36.8 Å². The van der Waals surface area contributed by atoms with Crippen molar-refractivity contribution in [1.82, 2.24) is 9.47 Å². The monoisotopic (exact) mass is 565 g/mol. The molecule has 0 unspecified atom stereocenters. The van der Waals surface area contributed by atoms with Crippen LogP contribution in [-0.4, -0.2) is 65.9 Å². The van der Waals surface area contributed by atoms with Crippen molar-refractivity contribution in [2.45, 2.75) is 29.7 Å². The van der Waals surface area contributed by atoms with Gasteiger partial charge in [-0.3, -0.25) is 23.7 Å². The minimum atomic E-state index is -0.725. The molecule has 2 fully saturated rings. The highest BCUT2D eigenvalue weighted by Gasteiger charge is 2.56. The third-order valence-electron chi connectivity index (χ3n) is 7.47. The van der Waals surface area contributed by atoms with E-state index >= 15 is 0 Å². The van der Waals surface area contributed by atoms with E-state index in [1.54, 1.807) is 24.1 Å². The van der Waals surface area contributed by atoms with Crippen molar-refractivity contribution in [1.29, 1.82) is 0 Å². The van der Waals surface area contributed by atoms with Crippen molar-refractivity contribution in [3.63, 3.8) is 0 Å². The maximum atomic E-state index is 13.9. The van der Waals surface area contributed by atoms with Crippen LogP contribution in [0.25, 0.3) is 0 Å². The van der Waals surface area contributed by atoms with Gasteiger partial charge in [-0.15, -0.1) is 0 Å². The zero-order valence-corrected chi connectivity index (χ0v) is 23.1. The van der Waals surface area contributed by atoms with Crippen LogP contribution in [0.5, 0.6) is 5.75 Å². The first-order valence-electron chi connectivity index (χ1n) is 12.7. The predicted molar refractivity (Wildman–Crippen MR) is 148 cm³/mol. The summed E-state index contributed by atoms with van der Waals surface area (Å²) in [5.74, 6) is -1.30. The van der Waals surface area contributed by atoms with Gasteiger partial charge < -0.3 is 14.4 Å².